The fraction of sp³-hybridized carbons (Fsp3) is 0.389. The van der Waals surface area contributed by atoms with E-state index in [2.05, 4.69) is 38.1 Å². The second-order valence-electron chi connectivity index (χ2n) is 5.88. The van der Waals surface area contributed by atoms with E-state index < -0.39 is 0 Å². The van der Waals surface area contributed by atoms with Crippen molar-refractivity contribution in [2.75, 3.05) is 18.9 Å². The van der Waals surface area contributed by atoms with Gasteiger partial charge in [0, 0.05) is 29.4 Å². The molecule has 0 aliphatic carbocycles. The van der Waals surface area contributed by atoms with Crippen LogP contribution in [0, 0.1) is 13.8 Å². The van der Waals surface area contributed by atoms with E-state index in [4.69, 9.17) is 0 Å². The van der Waals surface area contributed by atoms with Crippen molar-refractivity contribution < 1.29 is 4.79 Å². The first-order chi connectivity index (χ1) is 11.4. The van der Waals surface area contributed by atoms with Gasteiger partial charge in [-0.25, -0.2) is 9.97 Å². The molecule has 0 saturated carbocycles. The number of anilines is 2. The molecule has 24 heavy (non-hydrogen) atoms. The highest BCUT2D eigenvalue weighted by molar-refractivity contribution is 9.10. The Bertz CT molecular complexity index is 733. The van der Waals surface area contributed by atoms with Crippen molar-refractivity contribution in [3.05, 3.63) is 45.7 Å². The SMILES string of the molecule is CCCCN(C)C(=O)c1cc(C)nc(Nc2ccc(Br)cc2C)n1. The van der Waals surface area contributed by atoms with Gasteiger partial charge in [-0.15, -0.1) is 0 Å². The number of carbonyl (C=O) groups excluding carboxylic acids is 1. The second-order valence-corrected chi connectivity index (χ2v) is 6.80. The molecule has 0 aliphatic heterocycles. The van der Waals surface area contributed by atoms with Crippen molar-refractivity contribution in [1.82, 2.24) is 14.9 Å². The molecule has 0 unspecified atom stereocenters. The first-order valence-electron chi connectivity index (χ1n) is 8.05. The van der Waals surface area contributed by atoms with Crippen LogP contribution in [0.15, 0.2) is 28.7 Å². The number of hydrogen-bond acceptors (Lipinski definition) is 4. The maximum Gasteiger partial charge on any atom is 0.272 e. The molecule has 1 aromatic heterocycles. The lowest BCUT2D eigenvalue weighted by molar-refractivity contribution is 0.0787. The largest absolute Gasteiger partial charge is 0.340 e. The third kappa shape index (κ3) is 4.77. The summed E-state index contributed by atoms with van der Waals surface area (Å²) in [6.45, 7) is 6.71. The molecule has 0 bridgehead atoms. The quantitative estimate of drug-likeness (QED) is 0.789. The van der Waals surface area contributed by atoms with Crippen LogP contribution >= 0.6 is 15.9 Å². The average Bonchev–Trinajstić information content (AvgIpc) is 2.54. The summed E-state index contributed by atoms with van der Waals surface area (Å²) in [7, 11) is 1.81. The van der Waals surface area contributed by atoms with Crippen molar-refractivity contribution >= 4 is 33.5 Å². The molecule has 0 radical (unpaired) electrons. The van der Waals surface area contributed by atoms with E-state index in [-0.39, 0.29) is 5.91 Å². The minimum atomic E-state index is -0.0791. The molecular formula is C18H23BrN4O. The van der Waals surface area contributed by atoms with Gasteiger partial charge in [0.25, 0.3) is 5.91 Å². The Kier molecular flexibility index (Phi) is 6.31. The van der Waals surface area contributed by atoms with E-state index in [1.807, 2.05) is 32.0 Å². The number of hydrogen-bond donors (Lipinski definition) is 1. The zero-order valence-corrected chi connectivity index (χ0v) is 16.1. The second kappa shape index (κ2) is 8.24. The van der Waals surface area contributed by atoms with Crippen LogP contribution < -0.4 is 5.32 Å². The van der Waals surface area contributed by atoms with Crippen LogP contribution in [0.1, 0.15) is 41.5 Å². The Labute approximate surface area is 151 Å². The van der Waals surface area contributed by atoms with Gasteiger partial charge in [-0.1, -0.05) is 29.3 Å². The summed E-state index contributed by atoms with van der Waals surface area (Å²) in [5.41, 5.74) is 3.16. The van der Waals surface area contributed by atoms with Gasteiger partial charge in [-0.3, -0.25) is 4.79 Å². The van der Waals surface area contributed by atoms with Crippen LogP contribution in [0.5, 0.6) is 0 Å². The predicted molar refractivity (Wildman–Crippen MR) is 101 cm³/mol. The molecular weight excluding hydrogens is 368 g/mol. The summed E-state index contributed by atoms with van der Waals surface area (Å²) in [5, 5.41) is 3.20. The summed E-state index contributed by atoms with van der Waals surface area (Å²) in [6.07, 6.45) is 2.03. The van der Waals surface area contributed by atoms with E-state index in [0.29, 0.717) is 11.6 Å². The number of nitrogens with one attached hydrogen (secondary N) is 1. The first kappa shape index (κ1) is 18.4. The molecule has 0 fully saturated rings. The molecule has 0 saturated heterocycles. The van der Waals surface area contributed by atoms with Gasteiger partial charge in [0.15, 0.2) is 0 Å². The van der Waals surface area contributed by atoms with Crippen molar-refractivity contribution in [3.63, 3.8) is 0 Å². The number of benzene rings is 1. The fourth-order valence-electron chi connectivity index (χ4n) is 2.31. The fourth-order valence-corrected chi connectivity index (χ4v) is 2.79. The van der Waals surface area contributed by atoms with E-state index in [1.165, 1.54) is 0 Å². The number of carbonyl (C=O) groups is 1. The predicted octanol–water partition coefficient (Wildman–Crippen LogP) is 4.47. The molecule has 5 nitrogen and oxygen atoms in total. The number of rotatable bonds is 6. The molecule has 0 spiro atoms. The number of halogens is 1. The molecule has 1 heterocycles. The van der Waals surface area contributed by atoms with Gasteiger partial charge in [0.05, 0.1) is 0 Å². The summed E-state index contributed by atoms with van der Waals surface area (Å²) >= 11 is 3.45. The number of aryl methyl sites for hydroxylation is 2. The molecule has 6 heteroatoms. The van der Waals surface area contributed by atoms with E-state index in [1.54, 1.807) is 18.0 Å². The lowest BCUT2D eigenvalue weighted by Crippen LogP contribution is -2.28. The maximum absolute atomic E-state index is 12.5. The van der Waals surface area contributed by atoms with Crippen LogP contribution in [0.25, 0.3) is 0 Å². The third-order valence-corrected chi connectivity index (χ3v) is 4.20. The standard InChI is InChI=1S/C18H23BrN4O/c1-5-6-9-23(4)17(24)16-11-13(3)20-18(22-16)21-15-8-7-14(19)10-12(15)2/h7-8,10-11H,5-6,9H2,1-4H3,(H,20,21,22). The van der Waals surface area contributed by atoms with Gasteiger partial charge in [-0.2, -0.15) is 0 Å². The van der Waals surface area contributed by atoms with Crippen molar-refractivity contribution in [1.29, 1.82) is 0 Å². The molecule has 1 amide bonds. The number of unbranched alkanes of at least 4 members (excludes halogenated alkanes) is 1. The highest BCUT2D eigenvalue weighted by Gasteiger charge is 2.15. The topological polar surface area (TPSA) is 58.1 Å². The zero-order chi connectivity index (χ0) is 17.7. The van der Waals surface area contributed by atoms with Crippen molar-refractivity contribution in [2.24, 2.45) is 0 Å². The highest BCUT2D eigenvalue weighted by Crippen LogP contribution is 2.22. The molecule has 0 atom stereocenters. The van der Waals surface area contributed by atoms with Crippen molar-refractivity contribution in [2.45, 2.75) is 33.6 Å². The summed E-state index contributed by atoms with van der Waals surface area (Å²) in [6, 6.07) is 7.66. The Morgan fingerprint density at radius 1 is 1.25 bits per heavy atom. The monoisotopic (exact) mass is 390 g/mol. The maximum atomic E-state index is 12.5. The highest BCUT2D eigenvalue weighted by atomic mass is 79.9. The summed E-state index contributed by atoms with van der Waals surface area (Å²) in [4.78, 5) is 23.0. The lowest BCUT2D eigenvalue weighted by Gasteiger charge is -2.17. The Hall–Kier alpha value is -1.95. The van der Waals surface area contributed by atoms with E-state index in [9.17, 15) is 4.79 Å². The molecule has 2 aromatic rings. The van der Waals surface area contributed by atoms with Crippen LogP contribution in [-0.4, -0.2) is 34.4 Å². The van der Waals surface area contributed by atoms with Crippen LogP contribution in [-0.2, 0) is 0 Å². The van der Waals surface area contributed by atoms with Crippen LogP contribution in [0.4, 0.5) is 11.6 Å². The Balaban J connectivity index is 2.23. The Morgan fingerprint density at radius 2 is 2.00 bits per heavy atom. The molecule has 1 N–H and O–H groups in total. The number of aromatic nitrogens is 2. The third-order valence-electron chi connectivity index (χ3n) is 3.70. The van der Waals surface area contributed by atoms with Crippen LogP contribution in [0.3, 0.4) is 0 Å². The van der Waals surface area contributed by atoms with Gasteiger partial charge in [-0.05, 0) is 50.1 Å². The van der Waals surface area contributed by atoms with Gasteiger partial charge < -0.3 is 10.2 Å². The Morgan fingerprint density at radius 3 is 2.67 bits per heavy atom. The van der Waals surface area contributed by atoms with E-state index >= 15 is 0 Å². The number of amides is 1. The van der Waals surface area contributed by atoms with Crippen LogP contribution in [0.2, 0.25) is 0 Å². The van der Waals surface area contributed by atoms with Gasteiger partial charge >= 0.3 is 0 Å². The van der Waals surface area contributed by atoms with E-state index in [0.717, 1.165) is 40.8 Å². The molecule has 128 valence electrons. The average molecular weight is 391 g/mol. The zero-order valence-electron chi connectivity index (χ0n) is 14.6. The molecule has 2 rings (SSSR count). The van der Waals surface area contributed by atoms with Gasteiger partial charge in [0.2, 0.25) is 5.95 Å². The summed E-state index contributed by atoms with van der Waals surface area (Å²) in [5.74, 6) is 0.359. The minimum absolute atomic E-state index is 0.0791. The molecule has 0 aliphatic rings. The lowest BCUT2D eigenvalue weighted by atomic mass is 10.2. The summed E-state index contributed by atoms with van der Waals surface area (Å²) < 4.78 is 1.02. The normalized spacial score (nSPS) is 10.5. The smallest absolute Gasteiger partial charge is 0.272 e. The molecule has 1 aromatic carbocycles. The minimum Gasteiger partial charge on any atom is -0.340 e. The van der Waals surface area contributed by atoms with Gasteiger partial charge in [0.1, 0.15) is 5.69 Å². The van der Waals surface area contributed by atoms with Crippen molar-refractivity contribution in [3.8, 4) is 0 Å². The first-order valence-corrected chi connectivity index (χ1v) is 8.84. The number of nitrogens with zero attached hydrogens (tertiary/aromatic N) is 3.